The molecule has 1 N–H and O–H groups in total. The van der Waals surface area contributed by atoms with Gasteiger partial charge in [0.25, 0.3) is 0 Å². The Labute approximate surface area is 104 Å². The molecule has 0 saturated heterocycles. The molecule has 0 heterocycles. The fraction of sp³-hybridized carbons (Fsp3) is 1.00. The van der Waals surface area contributed by atoms with Gasteiger partial charge in [-0.1, -0.05) is 12.8 Å². The molecule has 2 aliphatic carbocycles. The van der Waals surface area contributed by atoms with Crippen LogP contribution in [-0.4, -0.2) is 43.3 Å². The summed E-state index contributed by atoms with van der Waals surface area (Å²) in [5.41, 5.74) is 0. The minimum absolute atomic E-state index is 0.135. The average molecular weight is 261 g/mol. The van der Waals surface area contributed by atoms with E-state index in [1.54, 1.807) is 7.05 Å². The Balaban J connectivity index is 1.86. The first-order valence-electron chi connectivity index (χ1n) is 6.61. The molecule has 2 unspecified atom stereocenters. The fourth-order valence-electron chi connectivity index (χ4n) is 2.76. The van der Waals surface area contributed by atoms with Gasteiger partial charge in [0.05, 0.1) is 11.9 Å². The summed E-state index contributed by atoms with van der Waals surface area (Å²) in [7, 11) is -1.46. The minimum atomic E-state index is -3.11. The van der Waals surface area contributed by atoms with Crippen LogP contribution >= 0.6 is 0 Å². The molecule has 0 amide bonds. The van der Waals surface area contributed by atoms with Crippen molar-refractivity contribution in [2.45, 2.75) is 44.6 Å². The van der Waals surface area contributed by atoms with Gasteiger partial charge in [-0.15, -0.1) is 0 Å². The maximum atomic E-state index is 12.1. The van der Waals surface area contributed by atoms with Crippen LogP contribution in [0.2, 0.25) is 0 Å². The van der Waals surface area contributed by atoms with Crippen LogP contribution in [0.5, 0.6) is 0 Å². The van der Waals surface area contributed by atoms with Gasteiger partial charge in [0.2, 0.25) is 10.0 Å². The highest BCUT2D eigenvalue weighted by molar-refractivity contribution is 7.89. The largest absolute Gasteiger partial charge is 0.393 e. The van der Waals surface area contributed by atoms with Gasteiger partial charge in [-0.3, -0.25) is 0 Å². The van der Waals surface area contributed by atoms with Crippen LogP contribution in [0.3, 0.4) is 0 Å². The lowest BCUT2D eigenvalue weighted by atomic mass is 9.87. The Morgan fingerprint density at radius 2 is 1.82 bits per heavy atom. The molecule has 0 bridgehead atoms. The van der Waals surface area contributed by atoms with E-state index in [-0.39, 0.29) is 12.0 Å². The molecule has 0 aromatic carbocycles. The van der Waals surface area contributed by atoms with Crippen molar-refractivity contribution in [1.29, 1.82) is 0 Å². The first kappa shape index (κ1) is 13.3. The third-order valence-electron chi connectivity index (χ3n) is 4.26. The quantitative estimate of drug-likeness (QED) is 0.809. The van der Waals surface area contributed by atoms with Crippen LogP contribution in [0.4, 0.5) is 0 Å². The molecule has 100 valence electrons. The number of hydrogen-bond donors (Lipinski definition) is 1. The zero-order chi connectivity index (χ0) is 12.5. The lowest BCUT2D eigenvalue weighted by molar-refractivity contribution is 0.123. The molecule has 5 heteroatoms. The summed E-state index contributed by atoms with van der Waals surface area (Å²) >= 11 is 0. The van der Waals surface area contributed by atoms with Crippen molar-refractivity contribution in [1.82, 2.24) is 4.31 Å². The van der Waals surface area contributed by atoms with Gasteiger partial charge in [-0.05, 0) is 37.5 Å². The van der Waals surface area contributed by atoms with Gasteiger partial charge in [0, 0.05) is 13.6 Å². The SMILES string of the molecule is CN(CC1CCCC1O)S(=O)(=O)CC1CCC1. The lowest BCUT2D eigenvalue weighted by Gasteiger charge is -2.29. The zero-order valence-corrected chi connectivity index (χ0v) is 11.3. The molecule has 0 spiro atoms. The van der Waals surface area contributed by atoms with Gasteiger partial charge in [-0.25, -0.2) is 12.7 Å². The van der Waals surface area contributed by atoms with E-state index in [1.165, 1.54) is 10.7 Å². The number of nitrogens with zero attached hydrogens (tertiary/aromatic N) is 1. The standard InChI is InChI=1S/C12H23NO3S/c1-13(8-11-6-3-7-12(11)14)17(15,16)9-10-4-2-5-10/h10-12,14H,2-9H2,1H3. The highest BCUT2D eigenvalue weighted by Crippen LogP contribution is 2.30. The van der Waals surface area contributed by atoms with E-state index in [9.17, 15) is 13.5 Å². The lowest BCUT2D eigenvalue weighted by Crippen LogP contribution is -2.38. The molecule has 17 heavy (non-hydrogen) atoms. The Hall–Kier alpha value is -0.130. The average Bonchev–Trinajstić information content (AvgIpc) is 2.59. The van der Waals surface area contributed by atoms with E-state index in [2.05, 4.69) is 0 Å². The molecule has 2 rings (SSSR count). The predicted molar refractivity (Wildman–Crippen MR) is 67.1 cm³/mol. The number of sulfonamides is 1. The minimum Gasteiger partial charge on any atom is -0.393 e. The van der Waals surface area contributed by atoms with E-state index in [4.69, 9.17) is 0 Å². The van der Waals surface area contributed by atoms with Crippen molar-refractivity contribution < 1.29 is 13.5 Å². The first-order chi connectivity index (χ1) is 7.99. The topological polar surface area (TPSA) is 57.6 Å². The summed E-state index contributed by atoms with van der Waals surface area (Å²) < 4.78 is 25.6. The number of aliphatic hydroxyl groups is 1. The molecule has 4 nitrogen and oxygen atoms in total. The van der Waals surface area contributed by atoms with Crippen LogP contribution < -0.4 is 0 Å². The first-order valence-corrected chi connectivity index (χ1v) is 8.22. The third-order valence-corrected chi connectivity index (χ3v) is 6.25. The Kier molecular flexibility index (Phi) is 4.10. The van der Waals surface area contributed by atoms with E-state index >= 15 is 0 Å². The van der Waals surface area contributed by atoms with Crippen molar-refractivity contribution in [3.05, 3.63) is 0 Å². The molecule has 0 aromatic heterocycles. The zero-order valence-electron chi connectivity index (χ0n) is 10.5. The number of rotatable bonds is 5. The number of aliphatic hydroxyl groups excluding tert-OH is 1. The van der Waals surface area contributed by atoms with Crippen molar-refractivity contribution in [3.8, 4) is 0 Å². The monoisotopic (exact) mass is 261 g/mol. The smallest absolute Gasteiger partial charge is 0.214 e. The fourth-order valence-corrected chi connectivity index (χ4v) is 4.36. The van der Waals surface area contributed by atoms with E-state index in [1.807, 2.05) is 0 Å². The number of hydrogen-bond acceptors (Lipinski definition) is 3. The Morgan fingerprint density at radius 3 is 2.29 bits per heavy atom. The van der Waals surface area contributed by atoms with Crippen LogP contribution in [0.1, 0.15) is 38.5 Å². The summed E-state index contributed by atoms with van der Waals surface area (Å²) in [5, 5.41) is 9.72. The van der Waals surface area contributed by atoms with E-state index in [0.29, 0.717) is 18.2 Å². The van der Waals surface area contributed by atoms with Crippen LogP contribution in [0.25, 0.3) is 0 Å². The molecular formula is C12H23NO3S. The van der Waals surface area contributed by atoms with Crippen LogP contribution in [0.15, 0.2) is 0 Å². The summed E-state index contributed by atoms with van der Waals surface area (Å²) in [6, 6.07) is 0. The van der Waals surface area contributed by atoms with E-state index < -0.39 is 10.0 Å². The summed E-state index contributed by atoms with van der Waals surface area (Å²) in [5.74, 6) is 0.805. The highest BCUT2D eigenvalue weighted by Gasteiger charge is 2.32. The van der Waals surface area contributed by atoms with Gasteiger partial charge in [0.1, 0.15) is 0 Å². The second-order valence-electron chi connectivity index (χ2n) is 5.61. The third kappa shape index (κ3) is 3.20. The molecule has 0 aliphatic heterocycles. The second kappa shape index (κ2) is 5.24. The van der Waals surface area contributed by atoms with Crippen molar-refractivity contribution in [2.24, 2.45) is 11.8 Å². The van der Waals surface area contributed by atoms with Crippen LogP contribution in [-0.2, 0) is 10.0 Å². The molecule has 2 aliphatic rings. The maximum Gasteiger partial charge on any atom is 0.214 e. The molecule has 2 saturated carbocycles. The van der Waals surface area contributed by atoms with Gasteiger partial charge < -0.3 is 5.11 Å². The van der Waals surface area contributed by atoms with Crippen molar-refractivity contribution in [3.63, 3.8) is 0 Å². The normalized spacial score (nSPS) is 30.8. The van der Waals surface area contributed by atoms with Gasteiger partial charge in [0.15, 0.2) is 0 Å². The van der Waals surface area contributed by atoms with E-state index in [0.717, 1.165) is 32.1 Å². The Bertz CT molecular complexity index is 351. The molecule has 0 aromatic rings. The molecular weight excluding hydrogens is 238 g/mol. The highest BCUT2D eigenvalue weighted by atomic mass is 32.2. The molecule has 0 radical (unpaired) electrons. The van der Waals surface area contributed by atoms with Gasteiger partial charge in [-0.2, -0.15) is 0 Å². The summed E-state index contributed by atoms with van der Waals surface area (Å²) in [6.07, 6.45) is 5.76. The summed E-state index contributed by atoms with van der Waals surface area (Å²) in [6.45, 7) is 0.482. The maximum absolute atomic E-state index is 12.1. The second-order valence-corrected chi connectivity index (χ2v) is 7.73. The predicted octanol–water partition coefficient (Wildman–Crippen LogP) is 1.21. The van der Waals surface area contributed by atoms with Crippen LogP contribution in [0, 0.1) is 11.8 Å². The molecule has 2 atom stereocenters. The Morgan fingerprint density at radius 1 is 1.18 bits per heavy atom. The van der Waals surface area contributed by atoms with Crippen molar-refractivity contribution >= 4 is 10.0 Å². The van der Waals surface area contributed by atoms with Crippen molar-refractivity contribution in [2.75, 3.05) is 19.3 Å². The molecule has 2 fully saturated rings. The summed E-state index contributed by atoms with van der Waals surface area (Å²) in [4.78, 5) is 0. The van der Waals surface area contributed by atoms with Gasteiger partial charge >= 0.3 is 0 Å².